The number of aromatic nitrogens is 1. The van der Waals surface area contributed by atoms with Crippen LogP contribution in [0.1, 0.15) is 23.2 Å². The number of halogens is 1. The minimum atomic E-state index is -0.106. The summed E-state index contributed by atoms with van der Waals surface area (Å²) in [5.41, 5.74) is 2.38. The summed E-state index contributed by atoms with van der Waals surface area (Å²) in [5, 5.41) is 7.95. The van der Waals surface area contributed by atoms with Crippen LogP contribution in [-0.4, -0.2) is 30.5 Å². The van der Waals surface area contributed by atoms with Gasteiger partial charge in [-0.15, -0.1) is 12.4 Å². The van der Waals surface area contributed by atoms with Gasteiger partial charge in [0.05, 0.1) is 0 Å². The first-order valence-electron chi connectivity index (χ1n) is 9.41. The highest BCUT2D eigenvalue weighted by atomic mass is 35.5. The van der Waals surface area contributed by atoms with Crippen LogP contribution in [0.2, 0.25) is 0 Å². The van der Waals surface area contributed by atoms with Gasteiger partial charge < -0.3 is 15.6 Å². The number of pyridine rings is 1. The number of carbonyl (C=O) groups is 1. The van der Waals surface area contributed by atoms with E-state index in [0.29, 0.717) is 16.9 Å². The van der Waals surface area contributed by atoms with Crippen LogP contribution in [0.5, 0.6) is 0 Å². The number of nitrogens with one attached hydrogen (secondary N) is 3. The lowest BCUT2D eigenvalue weighted by Gasteiger charge is -2.22. The predicted octanol–water partition coefficient (Wildman–Crippen LogP) is 3.35. The highest BCUT2D eigenvalue weighted by Gasteiger charge is 2.15. The summed E-state index contributed by atoms with van der Waals surface area (Å²) in [6.45, 7) is 2.77. The fraction of sp³-hybridized carbons (Fsp3) is 0.273. The van der Waals surface area contributed by atoms with Crippen molar-refractivity contribution in [3.63, 3.8) is 0 Å². The fourth-order valence-electron chi connectivity index (χ4n) is 3.63. The number of hydrogen-bond acceptors (Lipinski definition) is 3. The molecule has 1 aromatic heterocycles. The highest BCUT2D eigenvalue weighted by Crippen LogP contribution is 2.23. The quantitative estimate of drug-likeness (QED) is 0.632. The predicted molar refractivity (Wildman–Crippen MR) is 115 cm³/mol. The SMILES string of the molecule is Cl.O=C(NCC1CCNCC1)c1cccc(-c2ccc3cc[nH]c(=O)c3c2)c1. The van der Waals surface area contributed by atoms with Crippen LogP contribution in [0.25, 0.3) is 21.9 Å². The summed E-state index contributed by atoms with van der Waals surface area (Å²) in [4.78, 5) is 27.3. The summed E-state index contributed by atoms with van der Waals surface area (Å²) in [6.07, 6.45) is 3.86. The molecule has 1 amide bonds. The lowest BCUT2D eigenvalue weighted by molar-refractivity contribution is 0.0944. The number of H-pyrrole nitrogens is 1. The van der Waals surface area contributed by atoms with E-state index >= 15 is 0 Å². The molecule has 0 bridgehead atoms. The van der Waals surface area contributed by atoms with Gasteiger partial charge in [0.25, 0.3) is 11.5 Å². The van der Waals surface area contributed by atoms with Gasteiger partial charge in [0, 0.05) is 23.7 Å². The van der Waals surface area contributed by atoms with E-state index in [0.717, 1.165) is 49.0 Å². The zero-order valence-corrected chi connectivity index (χ0v) is 16.4. The molecule has 0 aliphatic carbocycles. The summed E-state index contributed by atoms with van der Waals surface area (Å²) in [7, 11) is 0. The van der Waals surface area contributed by atoms with Crippen molar-refractivity contribution in [3.8, 4) is 11.1 Å². The molecular formula is C22H24ClN3O2. The number of hydrogen-bond donors (Lipinski definition) is 3. The van der Waals surface area contributed by atoms with Crippen molar-refractivity contribution in [3.05, 3.63) is 70.6 Å². The normalized spacial score (nSPS) is 14.4. The molecule has 0 unspecified atom stereocenters. The van der Waals surface area contributed by atoms with Gasteiger partial charge in [0.1, 0.15) is 0 Å². The molecule has 1 aliphatic heterocycles. The molecule has 0 spiro atoms. The zero-order valence-electron chi connectivity index (χ0n) is 15.5. The van der Waals surface area contributed by atoms with E-state index in [1.807, 2.05) is 48.5 Å². The van der Waals surface area contributed by atoms with E-state index in [2.05, 4.69) is 15.6 Å². The van der Waals surface area contributed by atoms with Crippen LogP contribution in [0, 0.1) is 5.92 Å². The Balaban J connectivity index is 0.00000225. The van der Waals surface area contributed by atoms with E-state index in [9.17, 15) is 9.59 Å². The van der Waals surface area contributed by atoms with Crippen molar-refractivity contribution in [1.82, 2.24) is 15.6 Å². The third-order valence-electron chi connectivity index (χ3n) is 5.24. The first-order chi connectivity index (χ1) is 13.2. The monoisotopic (exact) mass is 397 g/mol. The number of amides is 1. The molecule has 2 heterocycles. The molecule has 4 rings (SSSR count). The minimum absolute atomic E-state index is 0. The Labute approximate surface area is 170 Å². The largest absolute Gasteiger partial charge is 0.352 e. The van der Waals surface area contributed by atoms with Crippen LogP contribution in [0.4, 0.5) is 0 Å². The molecule has 5 nitrogen and oxygen atoms in total. The molecule has 1 fully saturated rings. The van der Waals surface area contributed by atoms with E-state index in [1.54, 1.807) is 6.20 Å². The Bertz CT molecular complexity index is 1030. The molecule has 28 heavy (non-hydrogen) atoms. The van der Waals surface area contributed by atoms with Crippen LogP contribution in [0.15, 0.2) is 59.5 Å². The second-order valence-corrected chi connectivity index (χ2v) is 7.09. The van der Waals surface area contributed by atoms with E-state index < -0.39 is 0 Å². The van der Waals surface area contributed by atoms with Gasteiger partial charge in [-0.1, -0.05) is 24.3 Å². The van der Waals surface area contributed by atoms with Crippen LogP contribution >= 0.6 is 12.4 Å². The van der Waals surface area contributed by atoms with Crippen molar-refractivity contribution >= 4 is 29.1 Å². The third-order valence-corrected chi connectivity index (χ3v) is 5.24. The summed E-state index contributed by atoms with van der Waals surface area (Å²) in [5.74, 6) is 0.500. The van der Waals surface area contributed by atoms with E-state index in [-0.39, 0.29) is 23.9 Å². The zero-order chi connectivity index (χ0) is 18.6. The molecule has 1 aliphatic rings. The maximum atomic E-state index is 12.6. The summed E-state index contributed by atoms with van der Waals surface area (Å²) < 4.78 is 0. The second kappa shape index (κ2) is 9.04. The topological polar surface area (TPSA) is 74.0 Å². The molecule has 1 saturated heterocycles. The second-order valence-electron chi connectivity index (χ2n) is 7.09. The number of benzene rings is 2. The number of rotatable bonds is 4. The molecule has 2 aromatic carbocycles. The van der Waals surface area contributed by atoms with Crippen molar-refractivity contribution in [2.45, 2.75) is 12.8 Å². The molecule has 3 N–H and O–H groups in total. The standard InChI is InChI=1S/C22H23N3O2.ClH/c26-21(25-14-15-6-9-23-10-7-15)19-3-1-2-17(12-19)18-5-4-16-8-11-24-22(27)20(16)13-18;/h1-5,8,11-13,15,23H,6-7,9-10,14H2,(H,24,27)(H,25,26);1H. The number of carbonyl (C=O) groups excluding carboxylic acids is 1. The summed E-state index contributed by atoms with van der Waals surface area (Å²) in [6, 6.07) is 15.2. The van der Waals surface area contributed by atoms with Crippen LogP contribution < -0.4 is 16.2 Å². The molecule has 0 saturated carbocycles. The highest BCUT2D eigenvalue weighted by molar-refractivity contribution is 5.96. The minimum Gasteiger partial charge on any atom is -0.352 e. The smallest absolute Gasteiger partial charge is 0.255 e. The van der Waals surface area contributed by atoms with Gasteiger partial charge >= 0.3 is 0 Å². The first kappa shape index (κ1) is 20.1. The van der Waals surface area contributed by atoms with Crippen molar-refractivity contribution < 1.29 is 4.79 Å². The van der Waals surface area contributed by atoms with Crippen LogP contribution in [-0.2, 0) is 0 Å². The van der Waals surface area contributed by atoms with Crippen molar-refractivity contribution in [2.24, 2.45) is 5.92 Å². The molecule has 0 radical (unpaired) electrons. The van der Waals surface area contributed by atoms with Gasteiger partial charge in [0.15, 0.2) is 0 Å². The van der Waals surface area contributed by atoms with Gasteiger partial charge in [-0.25, -0.2) is 0 Å². The van der Waals surface area contributed by atoms with Gasteiger partial charge in [-0.2, -0.15) is 0 Å². The number of piperidine rings is 1. The molecular weight excluding hydrogens is 374 g/mol. The number of aromatic amines is 1. The van der Waals surface area contributed by atoms with E-state index in [1.165, 1.54) is 0 Å². The van der Waals surface area contributed by atoms with Gasteiger partial charge in [-0.05, 0) is 72.6 Å². The third kappa shape index (κ3) is 4.43. The fourth-order valence-corrected chi connectivity index (χ4v) is 3.63. The maximum Gasteiger partial charge on any atom is 0.255 e. The Morgan fingerprint density at radius 1 is 1.04 bits per heavy atom. The van der Waals surface area contributed by atoms with Crippen molar-refractivity contribution in [1.29, 1.82) is 0 Å². The van der Waals surface area contributed by atoms with Crippen molar-refractivity contribution in [2.75, 3.05) is 19.6 Å². The Kier molecular flexibility index (Phi) is 6.49. The average molecular weight is 398 g/mol. The van der Waals surface area contributed by atoms with Gasteiger partial charge in [0.2, 0.25) is 0 Å². The Morgan fingerprint density at radius 3 is 2.64 bits per heavy atom. The average Bonchev–Trinajstić information content (AvgIpc) is 2.73. The molecule has 0 atom stereocenters. The maximum absolute atomic E-state index is 12.6. The lowest BCUT2D eigenvalue weighted by Crippen LogP contribution is -2.35. The molecule has 3 aromatic rings. The molecule has 6 heteroatoms. The van der Waals surface area contributed by atoms with E-state index in [4.69, 9.17) is 0 Å². The number of fused-ring (bicyclic) bond motifs is 1. The first-order valence-corrected chi connectivity index (χ1v) is 9.41. The Morgan fingerprint density at radius 2 is 1.82 bits per heavy atom. The lowest BCUT2D eigenvalue weighted by atomic mass is 9.97. The van der Waals surface area contributed by atoms with Gasteiger partial charge in [-0.3, -0.25) is 9.59 Å². The van der Waals surface area contributed by atoms with Crippen LogP contribution in [0.3, 0.4) is 0 Å². The Hall–Kier alpha value is -2.63. The summed E-state index contributed by atoms with van der Waals surface area (Å²) >= 11 is 0. The molecule has 146 valence electrons.